The molecule has 0 aliphatic heterocycles. The number of aromatic nitrogens is 5. The van der Waals surface area contributed by atoms with E-state index in [0.29, 0.717) is 11.6 Å². The highest BCUT2D eigenvalue weighted by atomic mass is 35.5. The number of halogens is 1. The molecule has 0 aliphatic rings. The number of hydrogen-bond acceptors (Lipinski definition) is 6. The van der Waals surface area contributed by atoms with Gasteiger partial charge in [0.2, 0.25) is 0 Å². The number of fused-ring (bicyclic) bond motifs is 1. The molecule has 3 aromatic rings. The summed E-state index contributed by atoms with van der Waals surface area (Å²) >= 11 is 7.50. The maximum absolute atomic E-state index is 6.34. The van der Waals surface area contributed by atoms with E-state index in [4.69, 9.17) is 11.6 Å². The van der Waals surface area contributed by atoms with Gasteiger partial charge in [0.05, 0.1) is 28.6 Å². The van der Waals surface area contributed by atoms with Gasteiger partial charge in [-0.2, -0.15) is 8.75 Å². The van der Waals surface area contributed by atoms with Crippen LogP contribution in [-0.4, -0.2) is 29.3 Å². The van der Waals surface area contributed by atoms with E-state index < -0.39 is 0 Å². The Balaban J connectivity index is 2.06. The van der Waals surface area contributed by atoms with Crippen molar-refractivity contribution in [3.05, 3.63) is 29.0 Å². The lowest BCUT2D eigenvalue weighted by molar-refractivity contribution is 0.418. The highest BCUT2D eigenvalue weighted by molar-refractivity contribution is 7.00. The molecular weight excluding hydrogens is 308 g/mol. The first-order valence-electron chi connectivity index (χ1n) is 6.51. The van der Waals surface area contributed by atoms with Crippen molar-refractivity contribution < 1.29 is 0 Å². The molecule has 0 spiro atoms. The standard InChI is InChI=1S/C13H15ClN6S/c1-13(2,3)15-6-8-7-16-19-20(8)12-9(14)4-5-10-11(12)18-21-17-10/h4-5,7,15H,6H2,1-3H3. The van der Waals surface area contributed by atoms with Gasteiger partial charge in [0.25, 0.3) is 0 Å². The fraction of sp³-hybridized carbons (Fsp3) is 0.385. The fourth-order valence-electron chi connectivity index (χ4n) is 1.94. The molecule has 0 amide bonds. The molecule has 2 aromatic heterocycles. The first-order valence-corrected chi connectivity index (χ1v) is 7.62. The van der Waals surface area contributed by atoms with Crippen LogP contribution in [0.1, 0.15) is 26.5 Å². The van der Waals surface area contributed by atoms with Crippen LogP contribution >= 0.6 is 23.3 Å². The zero-order valence-electron chi connectivity index (χ0n) is 12.0. The van der Waals surface area contributed by atoms with Gasteiger partial charge in [0, 0.05) is 12.1 Å². The van der Waals surface area contributed by atoms with Crippen molar-refractivity contribution in [3.63, 3.8) is 0 Å². The predicted molar refractivity (Wildman–Crippen MR) is 83.9 cm³/mol. The molecule has 0 saturated heterocycles. The van der Waals surface area contributed by atoms with Crippen molar-refractivity contribution in [1.29, 1.82) is 0 Å². The Bertz CT molecular complexity index is 772. The molecule has 3 rings (SSSR count). The lowest BCUT2D eigenvalue weighted by Gasteiger charge is -2.20. The average Bonchev–Trinajstić information content (AvgIpc) is 3.03. The summed E-state index contributed by atoms with van der Waals surface area (Å²) in [5.41, 5.74) is 3.21. The molecule has 0 saturated carbocycles. The lowest BCUT2D eigenvalue weighted by atomic mass is 10.1. The molecule has 8 heteroatoms. The third-order valence-electron chi connectivity index (χ3n) is 2.98. The Hall–Kier alpha value is -1.57. The van der Waals surface area contributed by atoms with Gasteiger partial charge < -0.3 is 5.32 Å². The van der Waals surface area contributed by atoms with E-state index in [2.05, 4.69) is 45.1 Å². The predicted octanol–water partition coefficient (Wildman–Crippen LogP) is 2.81. The average molecular weight is 323 g/mol. The molecule has 2 heterocycles. The Labute approximate surface area is 131 Å². The Morgan fingerprint density at radius 2 is 2.10 bits per heavy atom. The van der Waals surface area contributed by atoms with Crippen molar-refractivity contribution in [2.24, 2.45) is 0 Å². The summed E-state index contributed by atoms with van der Waals surface area (Å²) in [6.07, 6.45) is 1.73. The summed E-state index contributed by atoms with van der Waals surface area (Å²) in [4.78, 5) is 0. The molecule has 0 atom stereocenters. The first-order chi connectivity index (χ1) is 9.96. The molecule has 6 nitrogen and oxygen atoms in total. The van der Waals surface area contributed by atoms with Crippen LogP contribution in [0.5, 0.6) is 0 Å². The van der Waals surface area contributed by atoms with Gasteiger partial charge in [-0.1, -0.05) is 16.8 Å². The van der Waals surface area contributed by atoms with Crippen molar-refractivity contribution in [2.75, 3.05) is 0 Å². The van der Waals surface area contributed by atoms with Crippen molar-refractivity contribution in [1.82, 2.24) is 29.1 Å². The van der Waals surface area contributed by atoms with E-state index in [0.717, 1.165) is 34.1 Å². The highest BCUT2D eigenvalue weighted by Crippen LogP contribution is 2.28. The van der Waals surface area contributed by atoms with Gasteiger partial charge in [-0.05, 0) is 32.9 Å². The van der Waals surface area contributed by atoms with E-state index in [-0.39, 0.29) is 5.54 Å². The summed E-state index contributed by atoms with van der Waals surface area (Å²) < 4.78 is 10.3. The van der Waals surface area contributed by atoms with Gasteiger partial charge in [-0.3, -0.25) is 0 Å². The summed E-state index contributed by atoms with van der Waals surface area (Å²) in [5.74, 6) is 0. The topological polar surface area (TPSA) is 68.5 Å². The zero-order chi connectivity index (χ0) is 15.0. The Morgan fingerprint density at radius 3 is 2.86 bits per heavy atom. The smallest absolute Gasteiger partial charge is 0.132 e. The maximum Gasteiger partial charge on any atom is 0.132 e. The van der Waals surface area contributed by atoms with Gasteiger partial charge in [-0.25, -0.2) is 4.68 Å². The van der Waals surface area contributed by atoms with Gasteiger partial charge in [-0.15, -0.1) is 5.10 Å². The van der Waals surface area contributed by atoms with E-state index in [1.165, 1.54) is 0 Å². The summed E-state index contributed by atoms with van der Waals surface area (Å²) in [6.45, 7) is 6.97. The number of rotatable bonds is 3. The monoisotopic (exact) mass is 322 g/mol. The molecule has 0 radical (unpaired) electrons. The van der Waals surface area contributed by atoms with Crippen LogP contribution in [-0.2, 0) is 6.54 Å². The molecule has 110 valence electrons. The molecule has 0 bridgehead atoms. The second-order valence-electron chi connectivity index (χ2n) is 5.77. The fourth-order valence-corrected chi connectivity index (χ4v) is 2.71. The Morgan fingerprint density at radius 1 is 1.29 bits per heavy atom. The van der Waals surface area contributed by atoms with E-state index in [9.17, 15) is 0 Å². The van der Waals surface area contributed by atoms with E-state index in [1.807, 2.05) is 12.1 Å². The van der Waals surface area contributed by atoms with Crippen LogP contribution < -0.4 is 5.32 Å². The van der Waals surface area contributed by atoms with Crippen LogP contribution in [0.3, 0.4) is 0 Å². The molecule has 0 aliphatic carbocycles. The SMILES string of the molecule is CC(C)(C)NCc1cnnn1-c1c(Cl)ccc2nsnc12. The Kier molecular flexibility index (Phi) is 3.64. The highest BCUT2D eigenvalue weighted by Gasteiger charge is 2.17. The minimum absolute atomic E-state index is 0.00703. The number of nitrogens with zero attached hydrogens (tertiary/aromatic N) is 5. The summed E-state index contributed by atoms with van der Waals surface area (Å²) in [6, 6.07) is 3.66. The number of hydrogen-bond donors (Lipinski definition) is 1. The second-order valence-corrected chi connectivity index (χ2v) is 6.70. The molecular formula is C13H15ClN6S. The van der Waals surface area contributed by atoms with Crippen LogP contribution in [0, 0.1) is 0 Å². The molecule has 1 aromatic carbocycles. The van der Waals surface area contributed by atoms with Crippen molar-refractivity contribution >= 4 is 34.4 Å². The number of benzene rings is 1. The third kappa shape index (κ3) is 2.90. The minimum Gasteiger partial charge on any atom is -0.306 e. The molecule has 0 unspecified atom stereocenters. The molecule has 1 N–H and O–H groups in total. The first kappa shape index (κ1) is 14.4. The summed E-state index contributed by atoms with van der Waals surface area (Å²) in [7, 11) is 0. The third-order valence-corrected chi connectivity index (χ3v) is 3.83. The minimum atomic E-state index is 0.00703. The van der Waals surface area contributed by atoms with Crippen LogP contribution in [0.15, 0.2) is 18.3 Å². The van der Waals surface area contributed by atoms with Crippen LogP contribution in [0.2, 0.25) is 5.02 Å². The normalized spacial score (nSPS) is 12.2. The van der Waals surface area contributed by atoms with Gasteiger partial charge in [0.15, 0.2) is 0 Å². The quantitative estimate of drug-likeness (QED) is 0.803. The van der Waals surface area contributed by atoms with E-state index in [1.54, 1.807) is 10.9 Å². The van der Waals surface area contributed by atoms with E-state index >= 15 is 0 Å². The largest absolute Gasteiger partial charge is 0.306 e. The van der Waals surface area contributed by atoms with Crippen LogP contribution in [0.4, 0.5) is 0 Å². The van der Waals surface area contributed by atoms with Crippen LogP contribution in [0.25, 0.3) is 16.7 Å². The summed E-state index contributed by atoms with van der Waals surface area (Å²) in [5, 5.41) is 12.2. The number of nitrogens with one attached hydrogen (secondary N) is 1. The second kappa shape index (κ2) is 5.32. The van der Waals surface area contributed by atoms with Crippen molar-refractivity contribution in [2.45, 2.75) is 32.9 Å². The lowest BCUT2D eigenvalue weighted by Crippen LogP contribution is -2.35. The van der Waals surface area contributed by atoms with Gasteiger partial charge >= 0.3 is 0 Å². The maximum atomic E-state index is 6.34. The van der Waals surface area contributed by atoms with Gasteiger partial charge in [0.1, 0.15) is 16.7 Å². The molecule has 21 heavy (non-hydrogen) atoms. The zero-order valence-corrected chi connectivity index (χ0v) is 13.5. The van der Waals surface area contributed by atoms with Crippen molar-refractivity contribution in [3.8, 4) is 5.69 Å². The molecule has 0 fully saturated rings.